The summed E-state index contributed by atoms with van der Waals surface area (Å²) in [6, 6.07) is 16.9. The van der Waals surface area contributed by atoms with Crippen LogP contribution in [0.5, 0.6) is 0 Å². The lowest BCUT2D eigenvalue weighted by Gasteiger charge is -2.25. The Hall–Kier alpha value is -2.62. The second kappa shape index (κ2) is 5.48. The zero-order chi connectivity index (χ0) is 16.8. The molecule has 1 saturated heterocycles. The van der Waals surface area contributed by atoms with Crippen molar-refractivity contribution in [3.8, 4) is 0 Å². The standard InChI is InChI=1S/C20H20N2O2/c1-13(2)12-17-20(24)21(14-8-4-3-5-9-14)18-15-10-6-7-11-16(15)19(23)22(17)18/h3-11,13,17-18H,12H2,1-2H3/t17-,18-/m0/s1. The minimum atomic E-state index is -0.393. The fourth-order valence-corrected chi connectivity index (χ4v) is 3.81. The van der Waals surface area contributed by atoms with Gasteiger partial charge in [-0.15, -0.1) is 0 Å². The monoisotopic (exact) mass is 320 g/mol. The molecule has 2 heterocycles. The quantitative estimate of drug-likeness (QED) is 0.867. The van der Waals surface area contributed by atoms with Gasteiger partial charge in [0.25, 0.3) is 11.8 Å². The minimum Gasteiger partial charge on any atom is -0.301 e. The average Bonchev–Trinajstić information content (AvgIpc) is 3.02. The van der Waals surface area contributed by atoms with Crippen molar-refractivity contribution < 1.29 is 9.59 Å². The number of rotatable bonds is 3. The molecule has 0 spiro atoms. The third kappa shape index (κ3) is 2.06. The Balaban J connectivity index is 1.86. The van der Waals surface area contributed by atoms with Gasteiger partial charge in [-0.2, -0.15) is 0 Å². The summed E-state index contributed by atoms with van der Waals surface area (Å²) in [5, 5.41) is 0. The van der Waals surface area contributed by atoms with Gasteiger partial charge in [0.1, 0.15) is 12.2 Å². The van der Waals surface area contributed by atoms with Crippen LogP contribution in [-0.2, 0) is 4.79 Å². The summed E-state index contributed by atoms with van der Waals surface area (Å²) >= 11 is 0. The van der Waals surface area contributed by atoms with E-state index >= 15 is 0 Å². The normalized spacial score (nSPS) is 22.3. The third-order valence-electron chi connectivity index (χ3n) is 4.80. The van der Waals surface area contributed by atoms with Crippen molar-refractivity contribution in [2.24, 2.45) is 5.92 Å². The molecule has 0 N–H and O–H groups in total. The first kappa shape index (κ1) is 14.9. The molecule has 0 aromatic heterocycles. The van der Waals surface area contributed by atoms with E-state index in [1.807, 2.05) is 54.6 Å². The number of fused-ring (bicyclic) bond motifs is 3. The molecule has 122 valence electrons. The van der Waals surface area contributed by atoms with E-state index in [0.717, 1.165) is 11.3 Å². The number of carbonyl (C=O) groups is 2. The fraction of sp³-hybridized carbons (Fsp3) is 0.300. The van der Waals surface area contributed by atoms with Gasteiger partial charge in [-0.05, 0) is 30.5 Å². The Morgan fingerprint density at radius 1 is 0.958 bits per heavy atom. The summed E-state index contributed by atoms with van der Waals surface area (Å²) < 4.78 is 0. The van der Waals surface area contributed by atoms with E-state index in [4.69, 9.17) is 0 Å². The van der Waals surface area contributed by atoms with E-state index in [2.05, 4.69) is 13.8 Å². The van der Waals surface area contributed by atoms with E-state index in [1.54, 1.807) is 9.80 Å². The molecule has 2 aromatic carbocycles. The fourth-order valence-electron chi connectivity index (χ4n) is 3.81. The van der Waals surface area contributed by atoms with Crippen LogP contribution in [-0.4, -0.2) is 22.8 Å². The lowest BCUT2D eigenvalue weighted by Crippen LogP contribution is -2.37. The number of benzene rings is 2. The van der Waals surface area contributed by atoms with E-state index in [-0.39, 0.29) is 18.0 Å². The molecule has 0 unspecified atom stereocenters. The third-order valence-corrected chi connectivity index (χ3v) is 4.80. The Morgan fingerprint density at radius 2 is 1.62 bits per heavy atom. The van der Waals surface area contributed by atoms with Gasteiger partial charge in [-0.25, -0.2) is 0 Å². The zero-order valence-corrected chi connectivity index (χ0v) is 13.8. The number of anilines is 1. The highest BCUT2D eigenvalue weighted by molar-refractivity contribution is 6.10. The Morgan fingerprint density at radius 3 is 2.33 bits per heavy atom. The molecule has 2 aromatic rings. The highest BCUT2D eigenvalue weighted by Gasteiger charge is 2.54. The molecule has 0 aliphatic carbocycles. The topological polar surface area (TPSA) is 40.6 Å². The molecule has 0 radical (unpaired) electrons. The average molecular weight is 320 g/mol. The van der Waals surface area contributed by atoms with Gasteiger partial charge in [-0.3, -0.25) is 14.5 Å². The minimum absolute atomic E-state index is 0.0164. The maximum absolute atomic E-state index is 13.1. The SMILES string of the molecule is CC(C)C[C@H]1C(=O)N(c2ccccc2)[C@@H]2c3ccccc3C(=O)N12. The van der Waals surface area contributed by atoms with E-state index in [0.29, 0.717) is 17.9 Å². The van der Waals surface area contributed by atoms with Gasteiger partial charge in [-0.1, -0.05) is 50.2 Å². The van der Waals surface area contributed by atoms with E-state index in [9.17, 15) is 9.59 Å². The lowest BCUT2D eigenvalue weighted by atomic mass is 10.0. The van der Waals surface area contributed by atoms with Crippen LogP contribution in [0.25, 0.3) is 0 Å². The van der Waals surface area contributed by atoms with Crippen molar-refractivity contribution in [2.45, 2.75) is 32.5 Å². The summed E-state index contributed by atoms with van der Waals surface area (Å²) in [7, 11) is 0. The molecule has 24 heavy (non-hydrogen) atoms. The summed E-state index contributed by atoms with van der Waals surface area (Å²) in [5.74, 6) is 0.322. The van der Waals surface area contributed by atoms with Crippen LogP contribution in [0.4, 0.5) is 5.69 Å². The molecule has 0 bridgehead atoms. The molecule has 2 atom stereocenters. The van der Waals surface area contributed by atoms with Crippen molar-refractivity contribution in [1.82, 2.24) is 4.90 Å². The molecular formula is C20H20N2O2. The number of para-hydroxylation sites is 1. The van der Waals surface area contributed by atoms with Crippen LogP contribution >= 0.6 is 0 Å². The van der Waals surface area contributed by atoms with Gasteiger partial charge >= 0.3 is 0 Å². The number of hydrogen-bond donors (Lipinski definition) is 0. The molecule has 1 fully saturated rings. The molecule has 0 saturated carbocycles. The van der Waals surface area contributed by atoms with E-state index < -0.39 is 6.04 Å². The smallest absolute Gasteiger partial charge is 0.256 e. The first-order valence-electron chi connectivity index (χ1n) is 8.39. The predicted molar refractivity (Wildman–Crippen MR) is 92.5 cm³/mol. The first-order chi connectivity index (χ1) is 11.6. The summed E-state index contributed by atoms with van der Waals surface area (Å²) in [4.78, 5) is 29.6. The molecule has 4 nitrogen and oxygen atoms in total. The zero-order valence-electron chi connectivity index (χ0n) is 13.8. The van der Waals surface area contributed by atoms with Crippen LogP contribution < -0.4 is 4.90 Å². The van der Waals surface area contributed by atoms with Crippen LogP contribution in [0.1, 0.15) is 42.4 Å². The number of amides is 2. The molecule has 2 amide bonds. The number of carbonyl (C=O) groups excluding carboxylic acids is 2. The molecule has 2 aliphatic heterocycles. The van der Waals surface area contributed by atoms with Crippen LogP contribution in [0.3, 0.4) is 0 Å². The van der Waals surface area contributed by atoms with Crippen molar-refractivity contribution in [1.29, 1.82) is 0 Å². The second-order valence-corrected chi connectivity index (χ2v) is 6.86. The van der Waals surface area contributed by atoms with Gasteiger partial charge in [0.05, 0.1) is 0 Å². The van der Waals surface area contributed by atoms with Gasteiger partial charge < -0.3 is 4.90 Å². The summed E-state index contributed by atoms with van der Waals surface area (Å²) in [6.07, 6.45) is 0.352. The second-order valence-electron chi connectivity index (χ2n) is 6.86. The number of nitrogens with zero attached hydrogens (tertiary/aromatic N) is 2. The first-order valence-corrected chi connectivity index (χ1v) is 8.39. The van der Waals surface area contributed by atoms with Crippen molar-refractivity contribution in [3.63, 3.8) is 0 Å². The lowest BCUT2D eigenvalue weighted by molar-refractivity contribution is -0.119. The Bertz CT molecular complexity index is 800. The van der Waals surface area contributed by atoms with Crippen molar-refractivity contribution >= 4 is 17.5 Å². The maximum atomic E-state index is 13.1. The highest BCUT2D eigenvalue weighted by atomic mass is 16.2. The predicted octanol–water partition coefficient (Wildman–Crippen LogP) is 3.60. The van der Waals surface area contributed by atoms with Gasteiger partial charge in [0.2, 0.25) is 0 Å². The van der Waals surface area contributed by atoms with Crippen molar-refractivity contribution in [2.75, 3.05) is 4.90 Å². The number of hydrogen-bond acceptors (Lipinski definition) is 2. The molecule has 2 aliphatic rings. The molecule has 4 heteroatoms. The van der Waals surface area contributed by atoms with Gasteiger partial charge in [0, 0.05) is 16.8 Å². The Kier molecular flexibility index (Phi) is 3.41. The summed E-state index contributed by atoms with van der Waals surface area (Å²) in [5.41, 5.74) is 2.48. The van der Waals surface area contributed by atoms with Crippen molar-refractivity contribution in [3.05, 3.63) is 65.7 Å². The highest BCUT2D eigenvalue weighted by Crippen LogP contribution is 2.46. The Labute approximate surface area is 141 Å². The van der Waals surface area contributed by atoms with E-state index in [1.165, 1.54) is 0 Å². The molecular weight excluding hydrogens is 300 g/mol. The maximum Gasteiger partial charge on any atom is 0.256 e. The summed E-state index contributed by atoms with van der Waals surface area (Å²) in [6.45, 7) is 4.17. The van der Waals surface area contributed by atoms with Crippen LogP contribution in [0, 0.1) is 5.92 Å². The van der Waals surface area contributed by atoms with Crippen LogP contribution in [0.15, 0.2) is 54.6 Å². The van der Waals surface area contributed by atoms with Crippen LogP contribution in [0.2, 0.25) is 0 Å². The van der Waals surface area contributed by atoms with Gasteiger partial charge in [0.15, 0.2) is 0 Å². The molecule has 4 rings (SSSR count). The largest absolute Gasteiger partial charge is 0.301 e.